The number of hydrogen-bond donors (Lipinski definition) is 1. The van der Waals surface area contributed by atoms with E-state index in [1.165, 1.54) is 0 Å². The molecular formula is C11H13NO3S. The molecule has 5 heteroatoms. The molecule has 1 unspecified atom stereocenters. The van der Waals surface area contributed by atoms with Crippen LogP contribution >= 0.6 is 0 Å². The van der Waals surface area contributed by atoms with Crippen molar-refractivity contribution in [1.29, 1.82) is 0 Å². The summed E-state index contributed by atoms with van der Waals surface area (Å²) < 4.78 is 23.9. The van der Waals surface area contributed by atoms with Gasteiger partial charge in [0.2, 0.25) is 5.91 Å². The average molecular weight is 239 g/mol. The highest BCUT2D eigenvalue weighted by atomic mass is 32.2. The van der Waals surface area contributed by atoms with Crippen LogP contribution in [0.25, 0.3) is 0 Å². The van der Waals surface area contributed by atoms with Crippen LogP contribution in [0.1, 0.15) is 12.5 Å². The summed E-state index contributed by atoms with van der Waals surface area (Å²) in [7, 11) is -3.36. The Bertz CT molecular complexity index is 548. The van der Waals surface area contributed by atoms with Gasteiger partial charge in [0.05, 0.1) is 16.3 Å². The van der Waals surface area contributed by atoms with Gasteiger partial charge in [0.15, 0.2) is 9.84 Å². The van der Waals surface area contributed by atoms with Crippen LogP contribution in [0.15, 0.2) is 23.1 Å². The lowest BCUT2D eigenvalue weighted by atomic mass is 10.2. The van der Waals surface area contributed by atoms with Crippen LogP contribution in [-0.4, -0.2) is 20.1 Å². The number of aryl methyl sites for hydroxylation is 1. The average Bonchev–Trinajstić information content (AvgIpc) is 2.22. The highest BCUT2D eigenvalue weighted by Gasteiger charge is 2.30. The second-order valence-corrected chi connectivity index (χ2v) is 6.17. The molecule has 1 aliphatic rings. The minimum absolute atomic E-state index is 0.130. The maximum Gasteiger partial charge on any atom is 0.228 e. The third kappa shape index (κ3) is 1.82. The van der Waals surface area contributed by atoms with Crippen LogP contribution in [-0.2, 0) is 14.6 Å². The van der Waals surface area contributed by atoms with Crippen molar-refractivity contribution in [2.75, 3.05) is 11.1 Å². The molecule has 1 atom stereocenters. The predicted molar refractivity (Wildman–Crippen MR) is 61.0 cm³/mol. The van der Waals surface area contributed by atoms with Crippen LogP contribution in [0.3, 0.4) is 0 Å². The number of carbonyl (C=O) groups is 1. The zero-order chi connectivity index (χ0) is 11.9. The molecule has 1 aromatic carbocycles. The number of anilines is 1. The Morgan fingerprint density at radius 2 is 2.06 bits per heavy atom. The molecule has 1 aromatic rings. The van der Waals surface area contributed by atoms with Gasteiger partial charge in [-0.1, -0.05) is 13.0 Å². The first-order valence-corrected chi connectivity index (χ1v) is 6.69. The summed E-state index contributed by atoms with van der Waals surface area (Å²) in [6.45, 7) is 3.47. The van der Waals surface area contributed by atoms with Gasteiger partial charge in [-0.05, 0) is 24.6 Å². The van der Waals surface area contributed by atoms with Crippen molar-refractivity contribution in [3.05, 3.63) is 23.8 Å². The number of hydrogen-bond acceptors (Lipinski definition) is 3. The van der Waals surface area contributed by atoms with E-state index in [1.807, 2.05) is 6.92 Å². The number of amides is 1. The van der Waals surface area contributed by atoms with Crippen molar-refractivity contribution >= 4 is 21.4 Å². The first-order valence-electron chi connectivity index (χ1n) is 5.04. The first-order chi connectivity index (χ1) is 7.40. The van der Waals surface area contributed by atoms with Crippen LogP contribution in [0.4, 0.5) is 5.69 Å². The molecule has 0 saturated heterocycles. The number of nitrogens with one attached hydrogen (secondary N) is 1. The van der Waals surface area contributed by atoms with E-state index in [-0.39, 0.29) is 16.6 Å². The van der Waals surface area contributed by atoms with Crippen LogP contribution in [0.5, 0.6) is 0 Å². The second-order valence-electron chi connectivity index (χ2n) is 4.17. The van der Waals surface area contributed by atoms with Crippen LogP contribution in [0.2, 0.25) is 0 Å². The molecule has 0 radical (unpaired) electrons. The normalized spacial score (nSPS) is 23.1. The summed E-state index contributed by atoms with van der Waals surface area (Å²) >= 11 is 0. The Morgan fingerprint density at radius 3 is 2.75 bits per heavy atom. The maximum atomic E-state index is 12.0. The van der Waals surface area contributed by atoms with Gasteiger partial charge in [-0.15, -0.1) is 0 Å². The number of rotatable bonds is 0. The van der Waals surface area contributed by atoms with Crippen molar-refractivity contribution in [3.63, 3.8) is 0 Å². The van der Waals surface area contributed by atoms with Crippen LogP contribution < -0.4 is 5.32 Å². The molecule has 1 amide bonds. The van der Waals surface area contributed by atoms with Crippen molar-refractivity contribution in [3.8, 4) is 0 Å². The smallest absolute Gasteiger partial charge is 0.228 e. The number of fused-ring (bicyclic) bond motifs is 1. The molecule has 86 valence electrons. The zero-order valence-corrected chi connectivity index (χ0v) is 9.97. The van der Waals surface area contributed by atoms with E-state index in [4.69, 9.17) is 0 Å². The van der Waals surface area contributed by atoms with Gasteiger partial charge >= 0.3 is 0 Å². The Balaban J connectivity index is 2.65. The maximum absolute atomic E-state index is 12.0. The molecule has 0 bridgehead atoms. The molecule has 0 saturated carbocycles. The van der Waals surface area contributed by atoms with E-state index >= 15 is 0 Å². The molecule has 1 N–H and O–H groups in total. The van der Waals surface area contributed by atoms with Gasteiger partial charge in [0.1, 0.15) is 0 Å². The van der Waals surface area contributed by atoms with E-state index in [9.17, 15) is 13.2 Å². The Morgan fingerprint density at radius 1 is 1.38 bits per heavy atom. The lowest BCUT2D eigenvalue weighted by Gasteiger charge is -2.06. The molecule has 0 spiro atoms. The summed E-state index contributed by atoms with van der Waals surface area (Å²) in [4.78, 5) is 11.8. The lowest BCUT2D eigenvalue weighted by molar-refractivity contribution is -0.118. The summed E-state index contributed by atoms with van der Waals surface area (Å²) in [5, 5.41) is 2.65. The summed E-state index contributed by atoms with van der Waals surface area (Å²) in [5.41, 5.74) is 1.32. The van der Waals surface area contributed by atoms with Crippen molar-refractivity contribution in [2.24, 2.45) is 5.92 Å². The van der Waals surface area contributed by atoms with Gasteiger partial charge in [0.25, 0.3) is 0 Å². The fraction of sp³-hybridized carbons (Fsp3) is 0.364. The Hall–Kier alpha value is -1.36. The molecule has 1 aliphatic heterocycles. The minimum atomic E-state index is -3.36. The highest BCUT2D eigenvalue weighted by Crippen LogP contribution is 2.28. The van der Waals surface area contributed by atoms with Crippen molar-refractivity contribution < 1.29 is 13.2 Å². The van der Waals surface area contributed by atoms with Gasteiger partial charge in [-0.2, -0.15) is 0 Å². The first kappa shape index (κ1) is 11.1. The molecule has 16 heavy (non-hydrogen) atoms. The predicted octanol–water partition coefficient (Wildman–Crippen LogP) is 1.36. The fourth-order valence-corrected chi connectivity index (χ4v) is 3.47. The summed E-state index contributed by atoms with van der Waals surface area (Å²) in [5.74, 6) is -0.889. The molecule has 0 fully saturated rings. The number of carbonyl (C=O) groups excluding carboxylic acids is 1. The van der Waals surface area contributed by atoms with Gasteiger partial charge in [-0.3, -0.25) is 4.79 Å². The highest BCUT2D eigenvalue weighted by molar-refractivity contribution is 7.91. The van der Waals surface area contributed by atoms with Crippen molar-refractivity contribution in [1.82, 2.24) is 0 Å². The largest absolute Gasteiger partial charge is 0.325 e. The number of benzene rings is 1. The molecular weight excluding hydrogens is 226 g/mol. The third-order valence-corrected chi connectivity index (χ3v) is 4.61. The Labute approximate surface area is 94.6 Å². The summed E-state index contributed by atoms with van der Waals surface area (Å²) in [6.07, 6.45) is 0. The standard InChI is InChI=1S/C11H13NO3S/c1-7-3-4-10-9(5-7)12-11(13)8(2)6-16(10,14)15/h3-5,8H,6H2,1-2H3,(H,12,13). The monoisotopic (exact) mass is 239 g/mol. The van der Waals surface area contributed by atoms with Gasteiger partial charge in [-0.25, -0.2) is 8.42 Å². The van der Waals surface area contributed by atoms with E-state index in [1.54, 1.807) is 25.1 Å². The molecule has 2 rings (SSSR count). The molecule has 0 aliphatic carbocycles. The quantitative estimate of drug-likeness (QED) is 0.743. The van der Waals surface area contributed by atoms with E-state index < -0.39 is 15.8 Å². The molecule has 1 heterocycles. The minimum Gasteiger partial charge on any atom is -0.325 e. The fourth-order valence-electron chi connectivity index (χ4n) is 1.76. The van der Waals surface area contributed by atoms with E-state index in [0.29, 0.717) is 5.69 Å². The van der Waals surface area contributed by atoms with Crippen LogP contribution in [0, 0.1) is 12.8 Å². The Kier molecular flexibility index (Phi) is 2.50. The second kappa shape index (κ2) is 3.59. The summed E-state index contributed by atoms with van der Waals surface area (Å²) in [6, 6.07) is 4.97. The number of sulfone groups is 1. The van der Waals surface area contributed by atoms with E-state index in [0.717, 1.165) is 5.56 Å². The zero-order valence-electron chi connectivity index (χ0n) is 9.15. The van der Waals surface area contributed by atoms with Gasteiger partial charge < -0.3 is 5.32 Å². The van der Waals surface area contributed by atoms with Crippen molar-refractivity contribution in [2.45, 2.75) is 18.7 Å². The molecule has 4 nitrogen and oxygen atoms in total. The third-order valence-electron chi connectivity index (χ3n) is 2.64. The lowest BCUT2D eigenvalue weighted by Crippen LogP contribution is -2.22. The SMILES string of the molecule is Cc1ccc2c(c1)NC(=O)C(C)CS2(=O)=O. The topological polar surface area (TPSA) is 63.2 Å². The van der Waals surface area contributed by atoms with Gasteiger partial charge in [0, 0.05) is 5.92 Å². The molecule has 0 aromatic heterocycles. The van der Waals surface area contributed by atoms with E-state index in [2.05, 4.69) is 5.32 Å².